The molecule has 0 fully saturated rings. The molecule has 1 aromatic heterocycles. The van der Waals surface area contributed by atoms with Gasteiger partial charge in [0.05, 0.1) is 0 Å². The SMILES string of the molecule is [CH2]c1cc(C(N)=O)nn1C. The molecule has 0 saturated carbocycles. The van der Waals surface area contributed by atoms with Crippen molar-refractivity contribution < 1.29 is 4.79 Å². The summed E-state index contributed by atoms with van der Waals surface area (Å²) in [4.78, 5) is 10.5. The molecule has 53 valence electrons. The smallest absolute Gasteiger partial charge is 0.269 e. The minimum atomic E-state index is -0.523. The lowest BCUT2D eigenvalue weighted by atomic mass is 10.4. The van der Waals surface area contributed by atoms with Crippen LogP contribution in [-0.2, 0) is 7.05 Å². The molecule has 4 nitrogen and oxygen atoms in total. The van der Waals surface area contributed by atoms with Gasteiger partial charge >= 0.3 is 0 Å². The highest BCUT2D eigenvalue weighted by atomic mass is 16.1. The van der Waals surface area contributed by atoms with Gasteiger partial charge in [-0.15, -0.1) is 0 Å². The van der Waals surface area contributed by atoms with Crippen LogP contribution in [0.15, 0.2) is 6.07 Å². The van der Waals surface area contributed by atoms with Crippen LogP contribution in [0.5, 0.6) is 0 Å². The molecule has 1 radical (unpaired) electrons. The standard InChI is InChI=1S/C6H8N3O/c1-4-3-5(6(7)10)8-9(4)2/h3H,1H2,2H3,(H2,7,10). The van der Waals surface area contributed by atoms with Crippen LogP contribution in [0.3, 0.4) is 0 Å². The van der Waals surface area contributed by atoms with E-state index in [9.17, 15) is 4.79 Å². The van der Waals surface area contributed by atoms with Crippen molar-refractivity contribution in [3.8, 4) is 0 Å². The van der Waals surface area contributed by atoms with E-state index >= 15 is 0 Å². The van der Waals surface area contributed by atoms with E-state index in [4.69, 9.17) is 5.73 Å². The molecule has 4 heteroatoms. The van der Waals surface area contributed by atoms with Crippen LogP contribution in [0.25, 0.3) is 0 Å². The minimum absolute atomic E-state index is 0.257. The zero-order valence-corrected chi connectivity index (χ0v) is 5.66. The number of aryl methyl sites for hydroxylation is 1. The lowest BCUT2D eigenvalue weighted by Crippen LogP contribution is -2.11. The average molecular weight is 138 g/mol. The number of carbonyl (C=O) groups is 1. The molecule has 0 aliphatic rings. The molecule has 0 bridgehead atoms. The summed E-state index contributed by atoms with van der Waals surface area (Å²) in [6, 6.07) is 1.54. The number of rotatable bonds is 1. The molecule has 10 heavy (non-hydrogen) atoms. The first-order valence-electron chi connectivity index (χ1n) is 2.77. The molecule has 0 aliphatic carbocycles. The van der Waals surface area contributed by atoms with Crippen molar-refractivity contribution >= 4 is 5.91 Å². The Hall–Kier alpha value is -1.32. The number of nitrogens with two attached hydrogens (primary N) is 1. The van der Waals surface area contributed by atoms with Gasteiger partial charge in [-0.05, 0) is 13.0 Å². The highest BCUT2D eigenvalue weighted by Crippen LogP contribution is 1.98. The van der Waals surface area contributed by atoms with E-state index in [1.165, 1.54) is 4.68 Å². The van der Waals surface area contributed by atoms with Crippen molar-refractivity contribution in [3.63, 3.8) is 0 Å². The molecule has 0 atom stereocenters. The number of aromatic nitrogens is 2. The quantitative estimate of drug-likeness (QED) is 0.579. The first-order valence-corrected chi connectivity index (χ1v) is 2.77. The molecule has 0 unspecified atom stereocenters. The van der Waals surface area contributed by atoms with Crippen molar-refractivity contribution in [2.75, 3.05) is 0 Å². The van der Waals surface area contributed by atoms with Gasteiger partial charge in [0.1, 0.15) is 5.69 Å². The molecule has 2 N–H and O–H groups in total. The maximum absolute atomic E-state index is 10.5. The summed E-state index contributed by atoms with van der Waals surface area (Å²) in [5.74, 6) is -0.523. The van der Waals surface area contributed by atoms with Gasteiger partial charge < -0.3 is 5.73 Å². The molecular weight excluding hydrogens is 130 g/mol. The molecule has 1 amide bonds. The highest BCUT2D eigenvalue weighted by molar-refractivity contribution is 5.90. The first-order chi connectivity index (χ1) is 4.61. The zero-order valence-electron chi connectivity index (χ0n) is 5.66. The van der Waals surface area contributed by atoms with Gasteiger partial charge in [0.25, 0.3) is 5.91 Å². The van der Waals surface area contributed by atoms with Crippen LogP contribution in [0.4, 0.5) is 0 Å². The summed E-state index contributed by atoms with van der Waals surface area (Å²) < 4.78 is 1.50. The predicted molar refractivity (Wildman–Crippen MR) is 36.2 cm³/mol. The molecule has 0 aliphatic heterocycles. The van der Waals surface area contributed by atoms with Crippen molar-refractivity contribution in [2.24, 2.45) is 12.8 Å². The van der Waals surface area contributed by atoms with Gasteiger partial charge in [0.2, 0.25) is 0 Å². The van der Waals surface area contributed by atoms with Gasteiger partial charge in [-0.25, -0.2) is 0 Å². The number of nitrogens with zero attached hydrogens (tertiary/aromatic N) is 2. The van der Waals surface area contributed by atoms with E-state index in [1.54, 1.807) is 13.1 Å². The lowest BCUT2D eigenvalue weighted by Gasteiger charge is -1.87. The fraction of sp³-hybridized carbons (Fsp3) is 0.167. The predicted octanol–water partition coefficient (Wildman–Crippen LogP) is -0.299. The Balaban J connectivity index is 3.10. The summed E-state index contributed by atoms with van der Waals surface area (Å²) >= 11 is 0. The maximum atomic E-state index is 10.5. The van der Waals surface area contributed by atoms with Crippen LogP contribution in [0.1, 0.15) is 16.2 Å². The van der Waals surface area contributed by atoms with Crippen LogP contribution < -0.4 is 5.73 Å². The second-order valence-corrected chi connectivity index (χ2v) is 2.01. The Kier molecular flexibility index (Phi) is 1.45. The summed E-state index contributed by atoms with van der Waals surface area (Å²) in [5, 5.41) is 3.79. The topological polar surface area (TPSA) is 60.9 Å². The second kappa shape index (κ2) is 2.13. The Labute approximate surface area is 58.6 Å². The molecule has 1 rings (SSSR count). The van der Waals surface area contributed by atoms with Crippen LogP contribution in [-0.4, -0.2) is 15.7 Å². The Morgan fingerprint density at radius 1 is 1.90 bits per heavy atom. The minimum Gasteiger partial charge on any atom is -0.364 e. The fourth-order valence-electron chi connectivity index (χ4n) is 0.626. The molecule has 1 aromatic rings. The summed E-state index contributed by atoms with van der Waals surface area (Å²) in [6.07, 6.45) is 0. The fourth-order valence-corrected chi connectivity index (χ4v) is 0.626. The number of hydrogen-bond acceptors (Lipinski definition) is 2. The van der Waals surface area contributed by atoms with E-state index < -0.39 is 5.91 Å². The Morgan fingerprint density at radius 3 is 2.70 bits per heavy atom. The Bertz CT molecular complexity index is 244. The Morgan fingerprint density at radius 2 is 2.50 bits per heavy atom. The zero-order chi connectivity index (χ0) is 7.72. The van der Waals surface area contributed by atoms with Crippen molar-refractivity contribution in [2.45, 2.75) is 0 Å². The van der Waals surface area contributed by atoms with E-state index in [1.807, 2.05) is 0 Å². The van der Waals surface area contributed by atoms with E-state index in [0.29, 0.717) is 5.69 Å². The second-order valence-electron chi connectivity index (χ2n) is 2.01. The highest BCUT2D eigenvalue weighted by Gasteiger charge is 2.04. The monoisotopic (exact) mass is 138 g/mol. The van der Waals surface area contributed by atoms with Gasteiger partial charge in [0, 0.05) is 12.7 Å². The van der Waals surface area contributed by atoms with Gasteiger partial charge in [0.15, 0.2) is 0 Å². The third kappa shape index (κ3) is 1.00. The van der Waals surface area contributed by atoms with E-state index in [-0.39, 0.29) is 5.69 Å². The molecule has 0 spiro atoms. The van der Waals surface area contributed by atoms with Crippen LogP contribution >= 0.6 is 0 Å². The summed E-state index contributed by atoms with van der Waals surface area (Å²) in [6.45, 7) is 3.62. The van der Waals surface area contributed by atoms with Crippen molar-refractivity contribution in [1.82, 2.24) is 9.78 Å². The average Bonchev–Trinajstić information content (AvgIpc) is 2.13. The van der Waals surface area contributed by atoms with E-state index in [2.05, 4.69) is 12.0 Å². The van der Waals surface area contributed by atoms with Gasteiger partial charge in [-0.2, -0.15) is 5.10 Å². The molecule has 0 aromatic carbocycles. The largest absolute Gasteiger partial charge is 0.364 e. The normalized spacial score (nSPS) is 9.80. The number of primary amides is 1. The van der Waals surface area contributed by atoms with Crippen LogP contribution in [0, 0.1) is 6.92 Å². The number of carbonyl (C=O) groups excluding carboxylic acids is 1. The maximum Gasteiger partial charge on any atom is 0.269 e. The van der Waals surface area contributed by atoms with Crippen molar-refractivity contribution in [1.29, 1.82) is 0 Å². The molecule has 0 saturated heterocycles. The van der Waals surface area contributed by atoms with Gasteiger partial charge in [-0.3, -0.25) is 9.48 Å². The van der Waals surface area contributed by atoms with E-state index in [0.717, 1.165) is 0 Å². The number of amides is 1. The van der Waals surface area contributed by atoms with Gasteiger partial charge in [-0.1, -0.05) is 0 Å². The molecular formula is C6H8N3O. The van der Waals surface area contributed by atoms with Crippen LogP contribution in [0.2, 0.25) is 0 Å². The first kappa shape index (κ1) is 6.80. The van der Waals surface area contributed by atoms with Crippen molar-refractivity contribution in [3.05, 3.63) is 24.4 Å². The molecule has 1 heterocycles. The lowest BCUT2D eigenvalue weighted by molar-refractivity contribution is 0.0995. The summed E-state index contributed by atoms with van der Waals surface area (Å²) in [7, 11) is 1.70. The number of hydrogen-bond donors (Lipinski definition) is 1. The summed E-state index contributed by atoms with van der Waals surface area (Å²) in [5.41, 5.74) is 5.89. The third-order valence-electron chi connectivity index (χ3n) is 1.23. The third-order valence-corrected chi connectivity index (χ3v) is 1.23.